The fraction of sp³-hybridized carbons (Fsp3) is 0.129. The Morgan fingerprint density at radius 3 is 2.15 bits per heavy atom. The van der Waals surface area contributed by atoms with Gasteiger partial charge in [-0.1, -0.05) is 18.2 Å². The molecule has 0 bridgehead atoms. The van der Waals surface area contributed by atoms with Gasteiger partial charge in [0.2, 0.25) is 5.91 Å². The van der Waals surface area contributed by atoms with Crippen molar-refractivity contribution in [2.45, 2.75) is 17.1 Å². The van der Waals surface area contributed by atoms with Crippen molar-refractivity contribution in [1.82, 2.24) is 5.32 Å². The third-order valence-corrected chi connectivity index (χ3v) is 7.61. The third kappa shape index (κ3) is 8.47. The van der Waals surface area contributed by atoms with Gasteiger partial charge < -0.3 is 25.4 Å². The van der Waals surface area contributed by atoms with E-state index in [1.165, 1.54) is 23.1 Å². The zero-order valence-corrected chi connectivity index (χ0v) is 24.3. The summed E-state index contributed by atoms with van der Waals surface area (Å²) >= 11 is 2.87. The van der Waals surface area contributed by atoms with Crippen molar-refractivity contribution in [3.8, 4) is 11.5 Å². The number of ether oxygens (including phenoxy) is 2. The first kappa shape index (κ1) is 29.4. The van der Waals surface area contributed by atoms with E-state index in [0.717, 1.165) is 10.5 Å². The van der Waals surface area contributed by atoms with Crippen molar-refractivity contribution >= 4 is 58.3 Å². The van der Waals surface area contributed by atoms with Gasteiger partial charge in [0.15, 0.2) is 0 Å². The van der Waals surface area contributed by atoms with E-state index in [1.54, 1.807) is 74.9 Å². The molecule has 4 rings (SSSR count). The number of carbonyl (C=O) groups is 3. The van der Waals surface area contributed by atoms with Crippen molar-refractivity contribution < 1.29 is 23.9 Å². The zero-order chi connectivity index (χ0) is 29.2. The van der Waals surface area contributed by atoms with Crippen LogP contribution >= 0.6 is 23.1 Å². The molecule has 0 fully saturated rings. The molecule has 0 radical (unpaired) electrons. The summed E-state index contributed by atoms with van der Waals surface area (Å²) in [4.78, 5) is 39.6. The molecule has 41 heavy (non-hydrogen) atoms. The molecule has 0 spiro atoms. The van der Waals surface area contributed by atoms with Crippen molar-refractivity contribution in [1.29, 1.82) is 0 Å². The van der Waals surface area contributed by atoms with Gasteiger partial charge in [0, 0.05) is 40.0 Å². The third-order valence-electron chi connectivity index (χ3n) is 5.80. The van der Waals surface area contributed by atoms with E-state index >= 15 is 0 Å². The number of benzene rings is 3. The number of thiophene rings is 1. The van der Waals surface area contributed by atoms with Crippen LogP contribution in [0.5, 0.6) is 11.5 Å². The standard InChI is InChI=1S/C31H29N3O5S2/c1-20(29(35)33-24-16-25(38-2)18-26(17-24)39-3)41-27-11-9-23(10-12-27)32-31(37)28(15-21-13-14-40-19-21)34-30(36)22-7-5-4-6-8-22/h4-20H,1-3H3,(H,32,37)(H,33,35)(H,34,36)/b28-15-. The first-order chi connectivity index (χ1) is 19.8. The van der Waals surface area contributed by atoms with Crippen LogP contribution < -0.4 is 25.4 Å². The Hall–Kier alpha value is -4.54. The van der Waals surface area contributed by atoms with Crippen molar-refractivity contribution in [3.63, 3.8) is 0 Å². The van der Waals surface area contributed by atoms with Gasteiger partial charge in [-0.3, -0.25) is 14.4 Å². The summed E-state index contributed by atoms with van der Waals surface area (Å²) in [5, 5.41) is 11.8. The lowest BCUT2D eigenvalue weighted by atomic mass is 10.2. The fourth-order valence-electron chi connectivity index (χ4n) is 3.66. The van der Waals surface area contributed by atoms with E-state index < -0.39 is 11.2 Å². The highest BCUT2D eigenvalue weighted by Crippen LogP contribution is 2.29. The molecule has 0 aliphatic carbocycles. The molecule has 1 atom stereocenters. The maximum absolute atomic E-state index is 13.2. The Labute approximate surface area is 246 Å². The number of nitrogens with one attached hydrogen (secondary N) is 3. The van der Waals surface area contributed by atoms with Gasteiger partial charge in [0.05, 0.1) is 19.5 Å². The first-order valence-corrected chi connectivity index (χ1v) is 14.4. The average molecular weight is 588 g/mol. The van der Waals surface area contributed by atoms with Gasteiger partial charge in [-0.15, -0.1) is 11.8 Å². The molecule has 0 saturated carbocycles. The molecule has 1 aromatic heterocycles. The summed E-state index contributed by atoms with van der Waals surface area (Å²) in [5.74, 6) is 0.132. The van der Waals surface area contributed by atoms with Crippen molar-refractivity contribution in [2.75, 3.05) is 24.9 Å². The minimum atomic E-state index is -0.456. The summed E-state index contributed by atoms with van der Waals surface area (Å²) < 4.78 is 10.5. The highest BCUT2D eigenvalue weighted by atomic mass is 32.2. The lowest BCUT2D eigenvalue weighted by Crippen LogP contribution is -2.30. The average Bonchev–Trinajstić information content (AvgIpc) is 3.51. The Morgan fingerprint density at radius 2 is 1.54 bits per heavy atom. The van der Waals surface area contributed by atoms with Crippen LogP contribution in [0.1, 0.15) is 22.8 Å². The quantitative estimate of drug-likeness (QED) is 0.141. The number of rotatable bonds is 11. The predicted molar refractivity (Wildman–Crippen MR) is 165 cm³/mol. The minimum absolute atomic E-state index is 0.121. The predicted octanol–water partition coefficient (Wildman–Crippen LogP) is 6.29. The lowest BCUT2D eigenvalue weighted by molar-refractivity contribution is -0.115. The normalized spacial score (nSPS) is 11.7. The smallest absolute Gasteiger partial charge is 0.272 e. The van der Waals surface area contributed by atoms with E-state index in [4.69, 9.17) is 9.47 Å². The number of thioether (sulfide) groups is 1. The molecule has 3 N–H and O–H groups in total. The number of anilines is 2. The molecule has 210 valence electrons. The van der Waals surface area contributed by atoms with E-state index in [0.29, 0.717) is 28.4 Å². The number of amides is 3. The van der Waals surface area contributed by atoms with Gasteiger partial charge in [-0.25, -0.2) is 0 Å². The first-order valence-electron chi connectivity index (χ1n) is 12.6. The maximum atomic E-state index is 13.2. The van der Waals surface area contributed by atoms with Gasteiger partial charge >= 0.3 is 0 Å². The molecular formula is C31H29N3O5S2. The summed E-state index contributed by atoms with van der Waals surface area (Å²) in [5.41, 5.74) is 2.49. The SMILES string of the molecule is COc1cc(NC(=O)C(C)Sc2ccc(NC(=O)/C(=C/c3ccsc3)NC(=O)c3ccccc3)cc2)cc(OC)c1. The molecule has 1 unspecified atom stereocenters. The van der Waals surface area contributed by atoms with Crippen LogP contribution in [-0.2, 0) is 9.59 Å². The molecule has 10 heteroatoms. The van der Waals surface area contributed by atoms with Crippen LogP contribution in [0, 0.1) is 0 Å². The second-order valence-corrected chi connectivity index (χ2v) is 11.0. The van der Waals surface area contributed by atoms with Gasteiger partial charge in [0.1, 0.15) is 17.2 Å². The number of carbonyl (C=O) groups excluding carboxylic acids is 3. The van der Waals surface area contributed by atoms with Gasteiger partial charge in [-0.2, -0.15) is 11.3 Å². The van der Waals surface area contributed by atoms with Crippen molar-refractivity contribution in [2.24, 2.45) is 0 Å². The molecule has 0 aliphatic rings. The Morgan fingerprint density at radius 1 is 0.854 bits per heavy atom. The van der Waals surface area contributed by atoms with Crippen LogP contribution in [0.25, 0.3) is 6.08 Å². The van der Waals surface area contributed by atoms with Gasteiger partial charge in [-0.05, 0) is 71.8 Å². The van der Waals surface area contributed by atoms with Crippen LogP contribution in [0.3, 0.4) is 0 Å². The van der Waals surface area contributed by atoms with Crippen LogP contribution in [0.2, 0.25) is 0 Å². The van der Waals surface area contributed by atoms with Crippen LogP contribution in [0.4, 0.5) is 11.4 Å². The molecule has 8 nitrogen and oxygen atoms in total. The van der Waals surface area contributed by atoms with E-state index in [2.05, 4.69) is 16.0 Å². The maximum Gasteiger partial charge on any atom is 0.272 e. The summed E-state index contributed by atoms with van der Waals surface area (Å²) in [6.45, 7) is 1.81. The van der Waals surface area contributed by atoms with E-state index in [1.807, 2.05) is 41.9 Å². The summed E-state index contributed by atoms with van der Waals surface area (Å²) in [7, 11) is 3.10. The molecule has 0 aliphatic heterocycles. The van der Waals surface area contributed by atoms with E-state index in [9.17, 15) is 14.4 Å². The highest BCUT2D eigenvalue weighted by molar-refractivity contribution is 8.00. The topological polar surface area (TPSA) is 106 Å². The molecule has 3 aromatic carbocycles. The molecule has 3 amide bonds. The van der Waals surface area contributed by atoms with E-state index in [-0.39, 0.29) is 17.5 Å². The highest BCUT2D eigenvalue weighted by Gasteiger charge is 2.17. The van der Waals surface area contributed by atoms with Crippen molar-refractivity contribution in [3.05, 3.63) is 106 Å². The second kappa shape index (κ2) is 14.2. The summed E-state index contributed by atoms with van der Waals surface area (Å²) in [6, 6.07) is 22.9. The molecular weight excluding hydrogens is 558 g/mol. The Bertz CT molecular complexity index is 1500. The Kier molecular flexibility index (Phi) is 10.2. The molecule has 0 saturated heterocycles. The fourth-order valence-corrected chi connectivity index (χ4v) is 5.15. The summed E-state index contributed by atoms with van der Waals surface area (Å²) in [6.07, 6.45) is 1.63. The van der Waals surface area contributed by atoms with Gasteiger partial charge in [0.25, 0.3) is 11.8 Å². The molecule has 1 heterocycles. The monoisotopic (exact) mass is 587 g/mol. The Balaban J connectivity index is 1.39. The number of hydrogen-bond acceptors (Lipinski definition) is 7. The largest absolute Gasteiger partial charge is 0.497 e. The minimum Gasteiger partial charge on any atom is -0.497 e. The molecule has 4 aromatic rings. The zero-order valence-electron chi connectivity index (χ0n) is 22.7. The second-order valence-electron chi connectivity index (χ2n) is 8.76. The van der Waals surface area contributed by atoms with Crippen LogP contribution in [-0.4, -0.2) is 37.2 Å². The number of methoxy groups -OCH3 is 2. The number of hydrogen-bond donors (Lipinski definition) is 3. The lowest BCUT2D eigenvalue weighted by Gasteiger charge is -2.14. The van der Waals surface area contributed by atoms with Crippen LogP contribution in [0.15, 0.2) is 100 Å².